The first kappa shape index (κ1) is 9.41. The van der Waals surface area contributed by atoms with Crippen LogP contribution < -0.4 is 17.2 Å². The van der Waals surface area contributed by atoms with Gasteiger partial charge >= 0.3 is 0 Å². The smallest absolute Gasteiger partial charge is 0.140 e. The summed E-state index contributed by atoms with van der Waals surface area (Å²) in [6.45, 7) is 3.32. The fourth-order valence-corrected chi connectivity index (χ4v) is 0.435. The number of nitrogens with two attached hydrogens (primary N) is 3. The van der Waals surface area contributed by atoms with Crippen molar-refractivity contribution in [2.75, 3.05) is 0 Å². The van der Waals surface area contributed by atoms with Crippen molar-refractivity contribution >= 4 is 17.5 Å². The van der Waals surface area contributed by atoms with E-state index in [-0.39, 0.29) is 0 Å². The third-order valence-electron chi connectivity index (χ3n) is 1.38. The molecule has 0 aliphatic carbocycles. The number of nitrogens with one attached hydrogen (secondary N) is 3. The van der Waals surface area contributed by atoms with E-state index in [4.69, 9.17) is 33.4 Å². The second-order valence-electron chi connectivity index (χ2n) is 2.15. The van der Waals surface area contributed by atoms with Crippen molar-refractivity contribution in [1.82, 2.24) is 0 Å². The van der Waals surface area contributed by atoms with Crippen LogP contribution >= 0.6 is 0 Å². The van der Waals surface area contributed by atoms with Gasteiger partial charge in [-0.2, -0.15) is 0 Å². The minimum Gasteiger partial charge on any atom is -0.386 e. The van der Waals surface area contributed by atoms with Gasteiger partial charge in [-0.05, 0) is 6.92 Å². The van der Waals surface area contributed by atoms with Crippen LogP contribution in [-0.4, -0.2) is 17.5 Å². The maximum absolute atomic E-state index is 6.98. The van der Waals surface area contributed by atoms with Crippen LogP contribution in [-0.2, 0) is 0 Å². The van der Waals surface area contributed by atoms with Gasteiger partial charge in [0.1, 0.15) is 22.9 Å². The van der Waals surface area contributed by atoms with Crippen molar-refractivity contribution in [3.63, 3.8) is 0 Å². The van der Waals surface area contributed by atoms with E-state index in [0.29, 0.717) is 0 Å². The van der Waals surface area contributed by atoms with Crippen LogP contribution in [0.2, 0.25) is 0 Å². The molecule has 0 saturated heterocycles. The average molecular weight is 155 g/mol. The van der Waals surface area contributed by atoms with Gasteiger partial charge in [0.2, 0.25) is 0 Å². The van der Waals surface area contributed by atoms with E-state index in [0.717, 1.165) is 0 Å². The van der Waals surface area contributed by atoms with Crippen LogP contribution in [0.15, 0.2) is 0 Å². The summed E-state index contributed by atoms with van der Waals surface area (Å²) in [6.07, 6.45) is 0. The monoisotopic (exact) mass is 155 g/mol. The molecule has 61 valence electrons. The highest BCUT2D eigenvalue weighted by molar-refractivity contribution is 6.24. The first-order valence-electron chi connectivity index (χ1n) is 2.72. The molecule has 0 rings (SSSR count). The Hall–Kier alpha value is -1.59. The Morgan fingerprint density at radius 2 is 1.09 bits per heavy atom. The normalized spacial score (nSPS) is 15.0. The zero-order valence-corrected chi connectivity index (χ0v) is 5.94. The summed E-state index contributed by atoms with van der Waals surface area (Å²) in [4.78, 5) is 0. The zero-order valence-electron chi connectivity index (χ0n) is 5.94. The van der Waals surface area contributed by atoms with E-state index in [1.165, 1.54) is 0 Å². The molecule has 0 aromatic heterocycles. The van der Waals surface area contributed by atoms with Crippen molar-refractivity contribution in [2.24, 2.45) is 22.6 Å². The Bertz CT molecular complexity index is 181. The van der Waals surface area contributed by atoms with E-state index in [2.05, 4.69) is 6.92 Å². The van der Waals surface area contributed by atoms with Crippen molar-refractivity contribution in [2.45, 2.75) is 0 Å². The third kappa shape index (κ3) is 1.28. The number of amidine groups is 3. The van der Waals surface area contributed by atoms with Gasteiger partial charge in [0, 0.05) is 0 Å². The second-order valence-corrected chi connectivity index (χ2v) is 2.15. The fourth-order valence-electron chi connectivity index (χ4n) is 0.435. The summed E-state index contributed by atoms with van der Waals surface area (Å²) in [6, 6.07) is 0. The van der Waals surface area contributed by atoms with Crippen molar-refractivity contribution in [3.8, 4) is 0 Å². The molecule has 11 heavy (non-hydrogen) atoms. The van der Waals surface area contributed by atoms with Gasteiger partial charge in [-0.3, -0.25) is 16.2 Å². The Morgan fingerprint density at radius 3 is 1.09 bits per heavy atom. The first-order chi connectivity index (χ1) is 4.83. The molecular weight excluding hydrogens is 144 g/mol. The molecule has 0 amide bonds. The van der Waals surface area contributed by atoms with Crippen LogP contribution in [0.5, 0.6) is 0 Å². The highest BCUT2D eigenvalue weighted by Gasteiger charge is 2.35. The van der Waals surface area contributed by atoms with Crippen LogP contribution in [0.25, 0.3) is 0 Å². The molecule has 0 aromatic rings. The van der Waals surface area contributed by atoms with Gasteiger partial charge in [-0.1, -0.05) is 0 Å². The Labute approximate surface area is 64.3 Å². The summed E-state index contributed by atoms with van der Waals surface area (Å²) in [5, 5.41) is 20.9. The third-order valence-corrected chi connectivity index (χ3v) is 1.38. The average Bonchev–Trinajstić information content (AvgIpc) is 1.84. The lowest BCUT2D eigenvalue weighted by Crippen LogP contribution is -2.53. The topological polar surface area (TPSA) is 150 Å². The van der Waals surface area contributed by atoms with Crippen molar-refractivity contribution in [3.05, 3.63) is 6.92 Å². The number of rotatable bonds is 3. The minimum absolute atomic E-state index is 0.502. The molecule has 0 unspecified atom stereocenters. The second kappa shape index (κ2) is 2.57. The van der Waals surface area contributed by atoms with Crippen molar-refractivity contribution < 1.29 is 0 Å². The number of hydrogen-bond donors (Lipinski definition) is 6. The molecule has 0 aliphatic rings. The zero-order chi connectivity index (χ0) is 9.23. The van der Waals surface area contributed by atoms with E-state index in [1.54, 1.807) is 0 Å². The highest BCUT2D eigenvalue weighted by Crippen LogP contribution is 2.13. The lowest BCUT2D eigenvalue weighted by molar-refractivity contribution is 0.917. The molecule has 1 radical (unpaired) electrons. The maximum Gasteiger partial charge on any atom is 0.140 e. The predicted molar refractivity (Wildman–Crippen MR) is 43.5 cm³/mol. The molecule has 9 N–H and O–H groups in total. The summed E-state index contributed by atoms with van der Waals surface area (Å²) < 4.78 is 0. The summed E-state index contributed by atoms with van der Waals surface area (Å²) in [5.74, 6) is -1.51. The predicted octanol–water partition coefficient (Wildman–Crippen LogP) is -1.39. The lowest BCUT2D eigenvalue weighted by atomic mass is 9.87. The molecular formula is C5H11N6. The Kier molecular flexibility index (Phi) is 2.20. The molecule has 0 heterocycles. The van der Waals surface area contributed by atoms with E-state index < -0.39 is 22.9 Å². The van der Waals surface area contributed by atoms with Gasteiger partial charge in [-0.15, -0.1) is 0 Å². The summed E-state index contributed by atoms with van der Waals surface area (Å²) in [7, 11) is 0. The van der Waals surface area contributed by atoms with Gasteiger partial charge in [0.25, 0.3) is 0 Å². The molecule has 6 nitrogen and oxygen atoms in total. The van der Waals surface area contributed by atoms with Gasteiger partial charge in [0.15, 0.2) is 0 Å². The van der Waals surface area contributed by atoms with E-state index >= 15 is 0 Å². The first-order valence-corrected chi connectivity index (χ1v) is 2.72. The molecule has 0 bridgehead atoms. The Morgan fingerprint density at radius 1 is 0.909 bits per heavy atom. The van der Waals surface area contributed by atoms with Crippen LogP contribution in [0.1, 0.15) is 0 Å². The van der Waals surface area contributed by atoms with Crippen molar-refractivity contribution in [1.29, 1.82) is 16.2 Å². The van der Waals surface area contributed by atoms with Gasteiger partial charge < -0.3 is 17.2 Å². The SMILES string of the molecule is [CH2]C(C(=N)N)(C(=N)N)C(=N)N. The molecule has 0 aromatic carbocycles. The maximum atomic E-state index is 6.98. The van der Waals surface area contributed by atoms with Crippen LogP contribution in [0, 0.1) is 28.6 Å². The fraction of sp³-hybridized carbons (Fsp3) is 0.200. The molecule has 6 heteroatoms. The molecule has 0 saturated carbocycles. The largest absolute Gasteiger partial charge is 0.386 e. The quantitative estimate of drug-likeness (QED) is 0.220. The van der Waals surface area contributed by atoms with Crippen LogP contribution in [0.3, 0.4) is 0 Å². The molecule has 0 atom stereocenters. The Balaban J connectivity index is 4.99. The molecule has 0 spiro atoms. The standard InChI is InChI=1S/C5H11N6/c1-5(2(6)7,3(8)9)4(10)11/h1H2,(H3,6,7)(H3,8,9)(H3,10,11). The summed E-state index contributed by atoms with van der Waals surface area (Å²) in [5.41, 5.74) is 13.5. The lowest BCUT2D eigenvalue weighted by Gasteiger charge is -2.24. The highest BCUT2D eigenvalue weighted by atomic mass is 14.9. The molecule has 0 fully saturated rings. The van der Waals surface area contributed by atoms with Gasteiger partial charge in [0.05, 0.1) is 0 Å². The summed E-state index contributed by atoms with van der Waals surface area (Å²) >= 11 is 0. The van der Waals surface area contributed by atoms with E-state index in [9.17, 15) is 0 Å². The number of hydrogen-bond acceptors (Lipinski definition) is 3. The van der Waals surface area contributed by atoms with Crippen LogP contribution in [0.4, 0.5) is 0 Å². The molecule has 0 aliphatic heterocycles. The van der Waals surface area contributed by atoms with Gasteiger partial charge in [-0.25, -0.2) is 0 Å². The van der Waals surface area contributed by atoms with E-state index in [1.807, 2.05) is 0 Å². The minimum atomic E-state index is -1.67.